The van der Waals surface area contributed by atoms with E-state index in [9.17, 15) is 14.7 Å². The van der Waals surface area contributed by atoms with Crippen molar-refractivity contribution in [1.29, 1.82) is 0 Å². The Kier molecular flexibility index (Phi) is 4.34. The standard InChI is InChI=1S/C21H22N2O4/c1-21-11-5-4-8-16(21)18(21)19(24)23-22-12-13-9-10-17(27-13)14-6-2-3-7-15(14)20(25)26/h2-3,6-7,9-10,12,16,18H,4-5,8,11H2,1H3,(H,23,24)(H,25,26)/b22-12-/t16-,18-,21+/m1/s1. The summed E-state index contributed by atoms with van der Waals surface area (Å²) in [5, 5.41) is 13.3. The molecule has 6 heteroatoms. The molecule has 1 aromatic carbocycles. The summed E-state index contributed by atoms with van der Waals surface area (Å²) >= 11 is 0. The van der Waals surface area contributed by atoms with Crippen LogP contribution in [0.15, 0.2) is 45.9 Å². The molecule has 1 amide bonds. The van der Waals surface area contributed by atoms with E-state index < -0.39 is 5.97 Å². The van der Waals surface area contributed by atoms with E-state index in [0.717, 1.165) is 12.8 Å². The van der Waals surface area contributed by atoms with Crippen LogP contribution in [-0.4, -0.2) is 23.2 Å². The number of hydrogen-bond donors (Lipinski definition) is 2. The average molecular weight is 366 g/mol. The number of carboxylic acids is 1. The van der Waals surface area contributed by atoms with E-state index in [1.165, 1.54) is 25.1 Å². The molecule has 140 valence electrons. The Morgan fingerprint density at radius 1 is 1.26 bits per heavy atom. The molecule has 0 radical (unpaired) electrons. The zero-order chi connectivity index (χ0) is 19.0. The Bertz CT molecular complexity index is 916. The van der Waals surface area contributed by atoms with E-state index in [2.05, 4.69) is 17.5 Å². The van der Waals surface area contributed by atoms with Crippen LogP contribution in [0.3, 0.4) is 0 Å². The predicted molar refractivity (Wildman–Crippen MR) is 100 cm³/mol. The van der Waals surface area contributed by atoms with Crippen LogP contribution in [0.5, 0.6) is 0 Å². The normalized spacial score (nSPS) is 26.6. The van der Waals surface area contributed by atoms with Crippen LogP contribution in [-0.2, 0) is 4.79 Å². The van der Waals surface area contributed by atoms with Crippen LogP contribution in [0.4, 0.5) is 0 Å². The van der Waals surface area contributed by atoms with Crippen LogP contribution in [0.25, 0.3) is 11.3 Å². The molecule has 2 saturated carbocycles. The fourth-order valence-electron chi connectivity index (χ4n) is 4.53. The van der Waals surface area contributed by atoms with E-state index in [1.807, 2.05) is 0 Å². The molecule has 1 aromatic heterocycles. The second kappa shape index (κ2) is 6.68. The number of carboxylic acid groups (broad SMARTS) is 1. The number of nitrogens with one attached hydrogen (secondary N) is 1. The van der Waals surface area contributed by atoms with Crippen molar-refractivity contribution < 1.29 is 19.1 Å². The smallest absolute Gasteiger partial charge is 0.336 e. The first-order chi connectivity index (χ1) is 13.0. The third-order valence-electron chi connectivity index (χ3n) is 6.03. The van der Waals surface area contributed by atoms with Crippen molar-refractivity contribution in [3.63, 3.8) is 0 Å². The molecule has 2 fully saturated rings. The van der Waals surface area contributed by atoms with Gasteiger partial charge in [0.05, 0.1) is 11.8 Å². The monoisotopic (exact) mass is 366 g/mol. The van der Waals surface area contributed by atoms with Gasteiger partial charge in [0.15, 0.2) is 0 Å². The Hall–Kier alpha value is -2.89. The summed E-state index contributed by atoms with van der Waals surface area (Å²) in [5.41, 5.74) is 3.46. The summed E-state index contributed by atoms with van der Waals surface area (Å²) in [6.45, 7) is 2.20. The highest BCUT2D eigenvalue weighted by Crippen LogP contribution is 2.66. The zero-order valence-electron chi connectivity index (χ0n) is 15.1. The molecule has 2 aromatic rings. The molecular weight excluding hydrogens is 344 g/mol. The first kappa shape index (κ1) is 17.5. The molecule has 6 nitrogen and oxygen atoms in total. The van der Waals surface area contributed by atoms with E-state index in [4.69, 9.17) is 4.42 Å². The Labute approximate surface area is 157 Å². The van der Waals surface area contributed by atoms with E-state index in [1.54, 1.807) is 30.3 Å². The summed E-state index contributed by atoms with van der Waals surface area (Å²) in [5.74, 6) is 0.412. The lowest BCUT2D eigenvalue weighted by Gasteiger charge is -2.15. The van der Waals surface area contributed by atoms with Gasteiger partial charge in [-0.05, 0) is 42.4 Å². The van der Waals surface area contributed by atoms with Crippen molar-refractivity contribution in [2.24, 2.45) is 22.4 Å². The number of furan rings is 1. The third-order valence-corrected chi connectivity index (χ3v) is 6.03. The quantitative estimate of drug-likeness (QED) is 0.620. The van der Waals surface area contributed by atoms with Crippen molar-refractivity contribution in [2.75, 3.05) is 0 Å². The number of amides is 1. The fraction of sp³-hybridized carbons (Fsp3) is 0.381. The van der Waals surface area contributed by atoms with Crippen LogP contribution < -0.4 is 5.43 Å². The number of rotatable bonds is 5. The second-order valence-corrected chi connectivity index (χ2v) is 7.62. The molecule has 2 N–H and O–H groups in total. The minimum absolute atomic E-state index is 0.0244. The third kappa shape index (κ3) is 3.16. The molecule has 0 saturated heterocycles. The lowest BCUT2D eigenvalue weighted by atomic mass is 9.90. The van der Waals surface area contributed by atoms with Crippen LogP contribution in [0, 0.1) is 17.3 Å². The summed E-state index contributed by atoms with van der Waals surface area (Å²) in [4.78, 5) is 23.7. The van der Waals surface area contributed by atoms with Crippen molar-refractivity contribution in [3.8, 4) is 11.3 Å². The highest BCUT2D eigenvalue weighted by molar-refractivity contribution is 5.95. The molecule has 0 spiro atoms. The fourth-order valence-corrected chi connectivity index (χ4v) is 4.53. The van der Waals surface area contributed by atoms with Gasteiger partial charge < -0.3 is 9.52 Å². The maximum absolute atomic E-state index is 12.4. The van der Waals surface area contributed by atoms with Crippen molar-refractivity contribution in [1.82, 2.24) is 5.43 Å². The topological polar surface area (TPSA) is 91.9 Å². The van der Waals surface area contributed by atoms with Crippen molar-refractivity contribution in [2.45, 2.75) is 32.6 Å². The Morgan fingerprint density at radius 3 is 2.81 bits per heavy atom. The van der Waals surface area contributed by atoms with Crippen LogP contribution in [0.2, 0.25) is 0 Å². The molecule has 0 bridgehead atoms. The minimum atomic E-state index is -1.01. The first-order valence-electron chi connectivity index (χ1n) is 9.26. The molecule has 2 aliphatic carbocycles. The summed E-state index contributed by atoms with van der Waals surface area (Å²) in [7, 11) is 0. The largest absolute Gasteiger partial charge is 0.478 e. The Morgan fingerprint density at radius 2 is 2.07 bits per heavy atom. The molecule has 0 aliphatic heterocycles. The minimum Gasteiger partial charge on any atom is -0.478 e. The van der Waals surface area contributed by atoms with Gasteiger partial charge in [-0.2, -0.15) is 5.10 Å². The second-order valence-electron chi connectivity index (χ2n) is 7.62. The average Bonchev–Trinajstić information content (AvgIpc) is 3.03. The molecule has 0 unspecified atom stereocenters. The van der Waals surface area contributed by atoms with Gasteiger partial charge in [-0.25, -0.2) is 10.2 Å². The van der Waals surface area contributed by atoms with Gasteiger partial charge in [-0.1, -0.05) is 38.0 Å². The maximum Gasteiger partial charge on any atom is 0.336 e. The van der Waals surface area contributed by atoms with Crippen molar-refractivity contribution >= 4 is 18.1 Å². The molecule has 3 atom stereocenters. The van der Waals surface area contributed by atoms with Gasteiger partial charge in [0.2, 0.25) is 5.91 Å². The molecular formula is C21H22N2O4. The zero-order valence-corrected chi connectivity index (χ0v) is 15.1. The number of aromatic carboxylic acids is 1. The lowest BCUT2D eigenvalue weighted by Crippen LogP contribution is -2.22. The SMILES string of the molecule is C[C@]12CCCC[C@@H]1[C@@H]2C(=O)N/N=C\c1ccc(-c2ccccc2C(=O)O)o1. The molecule has 1 heterocycles. The van der Waals surface area contributed by atoms with Gasteiger partial charge in [0, 0.05) is 11.5 Å². The molecule has 2 aliphatic rings. The summed E-state index contributed by atoms with van der Waals surface area (Å²) < 4.78 is 5.67. The van der Waals surface area contributed by atoms with Gasteiger partial charge in [0.25, 0.3) is 0 Å². The molecule has 27 heavy (non-hydrogen) atoms. The first-order valence-corrected chi connectivity index (χ1v) is 9.26. The number of carbonyl (C=O) groups excluding carboxylic acids is 1. The highest BCUT2D eigenvalue weighted by atomic mass is 16.4. The van der Waals surface area contributed by atoms with E-state index in [0.29, 0.717) is 23.0 Å². The summed E-state index contributed by atoms with van der Waals surface area (Å²) in [6.07, 6.45) is 6.10. The Balaban J connectivity index is 1.42. The number of carbonyl (C=O) groups is 2. The van der Waals surface area contributed by atoms with Crippen molar-refractivity contribution in [3.05, 3.63) is 47.7 Å². The number of hydrazone groups is 1. The predicted octanol–water partition coefficient (Wildman–Crippen LogP) is 3.92. The molecule has 4 rings (SSSR count). The maximum atomic E-state index is 12.4. The van der Waals surface area contributed by atoms with Gasteiger partial charge >= 0.3 is 5.97 Å². The summed E-state index contributed by atoms with van der Waals surface area (Å²) in [6, 6.07) is 10.0. The number of fused-ring (bicyclic) bond motifs is 1. The highest BCUT2D eigenvalue weighted by Gasteiger charge is 2.64. The van der Waals surface area contributed by atoms with E-state index in [-0.39, 0.29) is 22.8 Å². The van der Waals surface area contributed by atoms with Crippen LogP contribution >= 0.6 is 0 Å². The van der Waals surface area contributed by atoms with Gasteiger partial charge in [0.1, 0.15) is 11.5 Å². The van der Waals surface area contributed by atoms with Gasteiger partial charge in [-0.3, -0.25) is 4.79 Å². The van der Waals surface area contributed by atoms with Gasteiger partial charge in [-0.15, -0.1) is 0 Å². The van der Waals surface area contributed by atoms with Crippen LogP contribution in [0.1, 0.15) is 48.7 Å². The number of nitrogens with zero attached hydrogens (tertiary/aromatic N) is 1. The van der Waals surface area contributed by atoms with E-state index >= 15 is 0 Å². The number of hydrogen-bond acceptors (Lipinski definition) is 4. The lowest BCUT2D eigenvalue weighted by molar-refractivity contribution is -0.123. The number of benzene rings is 1.